The van der Waals surface area contributed by atoms with Crippen LogP contribution >= 0.6 is 0 Å². The van der Waals surface area contributed by atoms with Crippen LogP contribution in [0.4, 0.5) is 4.39 Å². The maximum Gasteiger partial charge on any atom is 0.496 e. The van der Waals surface area contributed by atoms with Crippen molar-refractivity contribution in [2.24, 2.45) is 0 Å². The predicted octanol–water partition coefficient (Wildman–Crippen LogP) is 3.19. The lowest BCUT2D eigenvalue weighted by Crippen LogP contribution is -2.41. The molecular weight excluding hydrogens is 280 g/mol. The summed E-state index contributed by atoms with van der Waals surface area (Å²) in [5.74, 6) is -0.269. The van der Waals surface area contributed by atoms with Gasteiger partial charge in [-0.3, -0.25) is 4.98 Å². The van der Waals surface area contributed by atoms with Crippen molar-refractivity contribution in [1.82, 2.24) is 4.98 Å². The van der Waals surface area contributed by atoms with Crippen LogP contribution in [0.1, 0.15) is 27.7 Å². The number of aromatic nitrogens is 1. The van der Waals surface area contributed by atoms with Crippen molar-refractivity contribution < 1.29 is 13.7 Å². The van der Waals surface area contributed by atoms with Crippen LogP contribution in [0.2, 0.25) is 0 Å². The van der Waals surface area contributed by atoms with E-state index in [-0.39, 0.29) is 17.0 Å². The third kappa shape index (κ3) is 2.66. The van der Waals surface area contributed by atoms with Crippen molar-refractivity contribution in [3.05, 3.63) is 48.4 Å². The quantitative estimate of drug-likeness (QED) is 0.798. The molecule has 3 nitrogen and oxygen atoms in total. The Morgan fingerprint density at radius 2 is 1.68 bits per heavy atom. The highest BCUT2D eigenvalue weighted by atomic mass is 19.1. The molecule has 0 amide bonds. The Morgan fingerprint density at radius 3 is 2.23 bits per heavy atom. The number of nitrogens with zero attached hydrogens (tertiary/aromatic N) is 1. The number of rotatable bonds is 2. The summed E-state index contributed by atoms with van der Waals surface area (Å²) in [5, 5.41) is 0. The van der Waals surface area contributed by atoms with Gasteiger partial charge in [-0.1, -0.05) is 18.2 Å². The fourth-order valence-electron chi connectivity index (χ4n) is 2.34. The van der Waals surface area contributed by atoms with Crippen molar-refractivity contribution in [2.75, 3.05) is 0 Å². The summed E-state index contributed by atoms with van der Waals surface area (Å²) in [5.41, 5.74) is 1.58. The van der Waals surface area contributed by atoms with Crippen LogP contribution in [0.25, 0.3) is 11.3 Å². The van der Waals surface area contributed by atoms with Crippen molar-refractivity contribution in [2.45, 2.75) is 38.9 Å². The van der Waals surface area contributed by atoms with E-state index in [1.54, 1.807) is 12.3 Å². The third-order valence-electron chi connectivity index (χ3n) is 4.43. The Hall–Kier alpha value is -1.72. The summed E-state index contributed by atoms with van der Waals surface area (Å²) in [6, 6.07) is 10.2. The van der Waals surface area contributed by atoms with Gasteiger partial charge in [-0.25, -0.2) is 4.39 Å². The van der Waals surface area contributed by atoms with Crippen LogP contribution in [0.15, 0.2) is 42.6 Å². The smallest absolute Gasteiger partial charge is 0.399 e. The fourth-order valence-corrected chi connectivity index (χ4v) is 2.34. The van der Waals surface area contributed by atoms with Gasteiger partial charge in [-0.05, 0) is 45.9 Å². The standard InChI is InChI=1S/C17H19BFNO2/c1-16(2)17(3,4)22-18(21-16)13-8-9-15(20-11-13)12-6-5-7-14(19)10-12/h5-11H,1-4H3. The fraction of sp³-hybridized carbons (Fsp3) is 0.353. The molecule has 114 valence electrons. The van der Waals surface area contributed by atoms with Gasteiger partial charge in [0.25, 0.3) is 0 Å². The molecule has 1 saturated heterocycles. The van der Waals surface area contributed by atoms with E-state index in [2.05, 4.69) is 4.98 Å². The number of hydrogen-bond acceptors (Lipinski definition) is 3. The van der Waals surface area contributed by atoms with Crippen LogP contribution in [-0.4, -0.2) is 23.3 Å². The van der Waals surface area contributed by atoms with E-state index in [1.165, 1.54) is 12.1 Å². The topological polar surface area (TPSA) is 31.4 Å². The average molecular weight is 299 g/mol. The highest BCUT2D eigenvalue weighted by molar-refractivity contribution is 6.62. The molecule has 1 aliphatic rings. The molecule has 1 aromatic carbocycles. The first-order valence-electron chi connectivity index (χ1n) is 7.36. The summed E-state index contributed by atoms with van der Waals surface area (Å²) in [6.07, 6.45) is 1.72. The molecular formula is C17H19BFNO2. The van der Waals surface area contributed by atoms with Crippen LogP contribution in [0.5, 0.6) is 0 Å². The van der Waals surface area contributed by atoms with Crippen molar-refractivity contribution >= 4 is 12.6 Å². The third-order valence-corrected chi connectivity index (χ3v) is 4.43. The number of pyridine rings is 1. The Morgan fingerprint density at radius 1 is 1.00 bits per heavy atom. The van der Waals surface area contributed by atoms with Crippen molar-refractivity contribution in [3.8, 4) is 11.3 Å². The second-order valence-electron chi connectivity index (χ2n) is 6.58. The first-order valence-corrected chi connectivity index (χ1v) is 7.36. The number of benzene rings is 1. The molecule has 0 atom stereocenters. The maximum absolute atomic E-state index is 13.3. The minimum atomic E-state index is -0.431. The van der Waals surface area contributed by atoms with Crippen LogP contribution in [0.3, 0.4) is 0 Å². The van der Waals surface area contributed by atoms with Gasteiger partial charge in [-0.15, -0.1) is 0 Å². The van der Waals surface area contributed by atoms with Crippen molar-refractivity contribution in [1.29, 1.82) is 0 Å². The molecule has 0 radical (unpaired) electrons. The molecule has 1 aromatic heterocycles. The van der Waals surface area contributed by atoms with Gasteiger partial charge < -0.3 is 9.31 Å². The highest BCUT2D eigenvalue weighted by Gasteiger charge is 2.51. The zero-order chi connectivity index (χ0) is 16.0. The molecule has 22 heavy (non-hydrogen) atoms. The van der Waals surface area contributed by atoms with Gasteiger partial charge in [0.15, 0.2) is 0 Å². The van der Waals surface area contributed by atoms with Crippen LogP contribution in [0, 0.1) is 5.82 Å². The highest BCUT2D eigenvalue weighted by Crippen LogP contribution is 2.36. The van der Waals surface area contributed by atoms with Gasteiger partial charge in [0.05, 0.1) is 16.9 Å². The second-order valence-corrected chi connectivity index (χ2v) is 6.58. The van der Waals surface area contributed by atoms with E-state index in [9.17, 15) is 4.39 Å². The normalized spacial score (nSPS) is 19.4. The molecule has 2 aromatic rings. The monoisotopic (exact) mass is 299 g/mol. The summed E-state index contributed by atoms with van der Waals surface area (Å²) < 4.78 is 25.3. The van der Waals surface area contributed by atoms with Crippen molar-refractivity contribution in [3.63, 3.8) is 0 Å². The van der Waals surface area contributed by atoms with E-state index in [4.69, 9.17) is 9.31 Å². The molecule has 5 heteroatoms. The summed E-state index contributed by atoms with van der Waals surface area (Å²) >= 11 is 0. The van der Waals surface area contributed by atoms with Gasteiger partial charge in [-0.2, -0.15) is 0 Å². The molecule has 0 unspecified atom stereocenters. The first-order chi connectivity index (χ1) is 10.3. The van der Waals surface area contributed by atoms with Crippen LogP contribution in [-0.2, 0) is 9.31 Å². The van der Waals surface area contributed by atoms with Gasteiger partial charge in [0.2, 0.25) is 0 Å². The van der Waals surface area contributed by atoms with E-state index in [0.29, 0.717) is 0 Å². The van der Waals surface area contributed by atoms with Gasteiger partial charge in [0, 0.05) is 17.2 Å². The van der Waals surface area contributed by atoms with E-state index >= 15 is 0 Å². The SMILES string of the molecule is CC1(C)OB(c2ccc(-c3cccc(F)c3)nc2)OC1(C)C. The number of hydrogen-bond donors (Lipinski definition) is 0. The molecule has 3 rings (SSSR count). The van der Waals surface area contributed by atoms with E-state index < -0.39 is 7.12 Å². The zero-order valence-electron chi connectivity index (χ0n) is 13.3. The minimum absolute atomic E-state index is 0.269. The van der Waals surface area contributed by atoms with Gasteiger partial charge >= 0.3 is 7.12 Å². The van der Waals surface area contributed by atoms with Crippen LogP contribution < -0.4 is 5.46 Å². The second kappa shape index (κ2) is 5.18. The van der Waals surface area contributed by atoms with E-state index in [1.807, 2.05) is 45.9 Å². The first kappa shape index (κ1) is 15.2. The molecule has 2 heterocycles. The molecule has 1 aliphatic heterocycles. The lowest BCUT2D eigenvalue weighted by atomic mass is 9.80. The Labute approximate surface area is 130 Å². The lowest BCUT2D eigenvalue weighted by molar-refractivity contribution is 0.00578. The Bertz CT molecular complexity index is 669. The molecule has 1 fully saturated rings. The molecule has 0 N–H and O–H groups in total. The maximum atomic E-state index is 13.3. The summed E-state index contributed by atoms with van der Waals surface area (Å²) in [7, 11) is -0.431. The molecule has 0 bridgehead atoms. The van der Waals surface area contributed by atoms with E-state index in [0.717, 1.165) is 16.7 Å². The predicted molar refractivity (Wildman–Crippen MR) is 85.3 cm³/mol. The largest absolute Gasteiger partial charge is 0.496 e. The Kier molecular flexibility index (Phi) is 3.58. The Balaban J connectivity index is 1.84. The lowest BCUT2D eigenvalue weighted by Gasteiger charge is -2.32. The summed E-state index contributed by atoms with van der Waals surface area (Å²) in [6.45, 7) is 8.06. The molecule has 0 aliphatic carbocycles. The molecule has 0 spiro atoms. The zero-order valence-corrected chi connectivity index (χ0v) is 13.3. The number of halogens is 1. The minimum Gasteiger partial charge on any atom is -0.399 e. The van der Waals surface area contributed by atoms with Gasteiger partial charge in [0.1, 0.15) is 5.82 Å². The summed E-state index contributed by atoms with van der Waals surface area (Å²) in [4.78, 5) is 4.40. The average Bonchev–Trinajstić information content (AvgIpc) is 2.68. The molecule has 0 saturated carbocycles.